The summed E-state index contributed by atoms with van der Waals surface area (Å²) in [6.45, 7) is 3.87. The van der Waals surface area contributed by atoms with Crippen LogP contribution in [0.4, 0.5) is 0 Å². The second-order valence-electron chi connectivity index (χ2n) is 3.18. The highest BCUT2D eigenvalue weighted by Gasteiger charge is 2.25. The first-order chi connectivity index (χ1) is 5.65. The van der Waals surface area contributed by atoms with Crippen molar-refractivity contribution in [2.75, 3.05) is 26.7 Å². The first-order valence-electron chi connectivity index (χ1n) is 4.31. The number of aliphatic hydroxyl groups is 1. The van der Waals surface area contributed by atoms with Crippen LogP contribution in [0.1, 0.15) is 13.3 Å². The Balaban J connectivity index is 2.50. The molecule has 0 aliphatic carbocycles. The maximum absolute atomic E-state index is 11.2. The number of nitrogens with zero attached hydrogens (tertiary/aromatic N) is 2. The van der Waals surface area contributed by atoms with Crippen LogP contribution in [-0.4, -0.2) is 53.7 Å². The van der Waals surface area contributed by atoms with E-state index in [-0.39, 0.29) is 5.91 Å². The number of aliphatic hydroxyl groups excluding tert-OH is 1. The van der Waals surface area contributed by atoms with Crippen LogP contribution in [0.3, 0.4) is 0 Å². The predicted molar refractivity (Wildman–Crippen MR) is 45.5 cm³/mol. The molecule has 1 fully saturated rings. The normalized spacial score (nSPS) is 25.9. The Hall–Kier alpha value is -0.610. The fraction of sp³-hybridized carbons (Fsp3) is 0.875. The number of β-amino-alcohol motifs (C(OH)–C–C–N with tert-alkyl or cyclic N) is 1. The number of rotatable bonds is 1. The van der Waals surface area contributed by atoms with E-state index in [1.807, 2.05) is 18.9 Å². The van der Waals surface area contributed by atoms with E-state index in [2.05, 4.69) is 0 Å². The van der Waals surface area contributed by atoms with Crippen molar-refractivity contribution in [1.29, 1.82) is 0 Å². The molecule has 0 spiro atoms. The Morgan fingerprint density at radius 1 is 1.58 bits per heavy atom. The number of likely N-dealkylation sites (N-methyl/N-ethyl adjacent to an activating group) is 1. The van der Waals surface area contributed by atoms with Crippen LogP contribution in [0.2, 0.25) is 0 Å². The lowest BCUT2D eigenvalue weighted by molar-refractivity contribution is -0.146. The summed E-state index contributed by atoms with van der Waals surface area (Å²) < 4.78 is 0. The Morgan fingerprint density at radius 3 is 2.75 bits per heavy atom. The topological polar surface area (TPSA) is 43.8 Å². The molecule has 0 aromatic rings. The van der Waals surface area contributed by atoms with Crippen LogP contribution in [0.15, 0.2) is 0 Å². The molecule has 4 nitrogen and oxygen atoms in total. The third kappa shape index (κ3) is 1.95. The SMILES string of the molecule is CCC(=O)N1CCN(C)CC1O. The fourth-order valence-electron chi connectivity index (χ4n) is 1.39. The summed E-state index contributed by atoms with van der Waals surface area (Å²) >= 11 is 0. The van der Waals surface area contributed by atoms with E-state index in [1.165, 1.54) is 0 Å². The van der Waals surface area contributed by atoms with Crippen molar-refractivity contribution in [2.24, 2.45) is 0 Å². The first kappa shape index (κ1) is 9.48. The summed E-state index contributed by atoms with van der Waals surface area (Å²) in [4.78, 5) is 14.8. The van der Waals surface area contributed by atoms with Gasteiger partial charge in [-0.05, 0) is 7.05 Å². The Kier molecular flexibility index (Phi) is 3.05. The van der Waals surface area contributed by atoms with Crippen molar-refractivity contribution in [3.8, 4) is 0 Å². The second kappa shape index (κ2) is 3.87. The minimum absolute atomic E-state index is 0.0376. The molecule has 1 aliphatic rings. The van der Waals surface area contributed by atoms with Crippen molar-refractivity contribution < 1.29 is 9.90 Å². The minimum atomic E-state index is -0.615. The van der Waals surface area contributed by atoms with Crippen molar-refractivity contribution >= 4 is 5.91 Å². The maximum atomic E-state index is 11.2. The number of piperazine rings is 1. The molecule has 1 N–H and O–H groups in total. The first-order valence-corrected chi connectivity index (χ1v) is 4.31. The van der Waals surface area contributed by atoms with E-state index in [0.29, 0.717) is 19.5 Å². The number of hydrogen-bond acceptors (Lipinski definition) is 3. The highest BCUT2D eigenvalue weighted by molar-refractivity contribution is 5.76. The number of carbonyl (C=O) groups is 1. The number of hydrogen-bond donors (Lipinski definition) is 1. The Labute approximate surface area is 72.8 Å². The molecule has 0 saturated carbocycles. The lowest BCUT2D eigenvalue weighted by Gasteiger charge is -2.36. The molecule has 1 amide bonds. The molecular weight excluding hydrogens is 156 g/mol. The van der Waals surface area contributed by atoms with Crippen molar-refractivity contribution in [3.05, 3.63) is 0 Å². The molecule has 1 saturated heterocycles. The van der Waals surface area contributed by atoms with Gasteiger partial charge in [-0.3, -0.25) is 4.79 Å². The third-order valence-electron chi connectivity index (χ3n) is 2.18. The molecule has 4 heteroatoms. The predicted octanol–water partition coefficient (Wildman–Crippen LogP) is -0.511. The molecule has 1 heterocycles. The summed E-state index contributed by atoms with van der Waals surface area (Å²) in [5.41, 5.74) is 0. The summed E-state index contributed by atoms with van der Waals surface area (Å²) in [7, 11) is 1.94. The van der Waals surface area contributed by atoms with Crippen LogP contribution in [0, 0.1) is 0 Å². The van der Waals surface area contributed by atoms with Gasteiger partial charge in [0.15, 0.2) is 0 Å². The van der Waals surface area contributed by atoms with E-state index in [4.69, 9.17) is 0 Å². The van der Waals surface area contributed by atoms with Crippen molar-refractivity contribution in [1.82, 2.24) is 9.80 Å². The van der Waals surface area contributed by atoms with Gasteiger partial charge in [0, 0.05) is 26.1 Å². The number of amides is 1. The molecule has 70 valence electrons. The molecular formula is C8H16N2O2. The standard InChI is InChI=1S/C8H16N2O2/c1-3-7(11)10-5-4-9(2)6-8(10)12/h8,12H,3-6H2,1-2H3. The lowest BCUT2D eigenvalue weighted by Crippen LogP contribution is -2.53. The van der Waals surface area contributed by atoms with Crippen molar-refractivity contribution in [3.63, 3.8) is 0 Å². The zero-order chi connectivity index (χ0) is 9.14. The molecule has 1 atom stereocenters. The summed E-state index contributed by atoms with van der Waals surface area (Å²) in [6, 6.07) is 0. The van der Waals surface area contributed by atoms with Gasteiger partial charge in [-0.15, -0.1) is 0 Å². The van der Waals surface area contributed by atoms with Crippen LogP contribution >= 0.6 is 0 Å². The molecule has 12 heavy (non-hydrogen) atoms. The molecule has 1 rings (SSSR count). The maximum Gasteiger partial charge on any atom is 0.224 e. The van der Waals surface area contributed by atoms with Gasteiger partial charge in [-0.1, -0.05) is 6.92 Å². The smallest absolute Gasteiger partial charge is 0.224 e. The molecule has 0 aromatic heterocycles. The van der Waals surface area contributed by atoms with E-state index < -0.39 is 6.23 Å². The fourth-order valence-corrected chi connectivity index (χ4v) is 1.39. The Morgan fingerprint density at radius 2 is 2.25 bits per heavy atom. The van der Waals surface area contributed by atoms with Crippen LogP contribution in [0.5, 0.6) is 0 Å². The van der Waals surface area contributed by atoms with Gasteiger partial charge < -0.3 is 14.9 Å². The second-order valence-corrected chi connectivity index (χ2v) is 3.18. The zero-order valence-corrected chi connectivity index (χ0v) is 7.66. The summed E-state index contributed by atoms with van der Waals surface area (Å²) in [5.74, 6) is 0.0376. The third-order valence-corrected chi connectivity index (χ3v) is 2.18. The van der Waals surface area contributed by atoms with Crippen molar-refractivity contribution in [2.45, 2.75) is 19.6 Å². The molecule has 0 bridgehead atoms. The molecule has 0 radical (unpaired) electrons. The van der Waals surface area contributed by atoms with Gasteiger partial charge in [0.1, 0.15) is 6.23 Å². The van der Waals surface area contributed by atoms with Crippen LogP contribution in [-0.2, 0) is 4.79 Å². The van der Waals surface area contributed by atoms with Crippen LogP contribution < -0.4 is 0 Å². The van der Waals surface area contributed by atoms with E-state index >= 15 is 0 Å². The lowest BCUT2D eigenvalue weighted by atomic mass is 10.3. The molecule has 0 aromatic carbocycles. The van der Waals surface area contributed by atoms with E-state index in [0.717, 1.165) is 6.54 Å². The highest BCUT2D eigenvalue weighted by atomic mass is 16.3. The van der Waals surface area contributed by atoms with E-state index in [9.17, 15) is 9.90 Å². The largest absolute Gasteiger partial charge is 0.372 e. The van der Waals surface area contributed by atoms with E-state index in [1.54, 1.807) is 4.90 Å². The average Bonchev–Trinajstić information content (AvgIpc) is 2.03. The van der Waals surface area contributed by atoms with Gasteiger partial charge in [-0.2, -0.15) is 0 Å². The minimum Gasteiger partial charge on any atom is -0.372 e. The molecule has 1 unspecified atom stereocenters. The van der Waals surface area contributed by atoms with Gasteiger partial charge in [0.25, 0.3) is 0 Å². The van der Waals surface area contributed by atoms with Crippen LogP contribution in [0.25, 0.3) is 0 Å². The monoisotopic (exact) mass is 172 g/mol. The Bertz CT molecular complexity index is 172. The zero-order valence-electron chi connectivity index (χ0n) is 7.66. The van der Waals surface area contributed by atoms with Gasteiger partial charge in [0.2, 0.25) is 5.91 Å². The van der Waals surface area contributed by atoms with Gasteiger partial charge in [-0.25, -0.2) is 0 Å². The average molecular weight is 172 g/mol. The molecule has 1 aliphatic heterocycles. The highest BCUT2D eigenvalue weighted by Crippen LogP contribution is 2.06. The van der Waals surface area contributed by atoms with Gasteiger partial charge >= 0.3 is 0 Å². The van der Waals surface area contributed by atoms with Gasteiger partial charge in [0.05, 0.1) is 0 Å². The summed E-state index contributed by atoms with van der Waals surface area (Å²) in [6.07, 6.45) is -0.142. The number of carbonyl (C=O) groups excluding carboxylic acids is 1. The summed E-state index contributed by atoms with van der Waals surface area (Å²) in [5, 5.41) is 9.50. The quantitative estimate of drug-likeness (QED) is 0.579.